The molecule has 3 aromatic rings. The van der Waals surface area contributed by atoms with Crippen LogP contribution >= 0.6 is 34.5 Å². The Hall–Kier alpha value is -2.19. The number of aromatic nitrogens is 2. The van der Waals surface area contributed by atoms with Crippen LogP contribution in [0.4, 0.5) is 11.5 Å². The number of fused-ring (bicyclic) bond motifs is 3. The van der Waals surface area contributed by atoms with Gasteiger partial charge in [0.05, 0.1) is 22.0 Å². The number of carbonyl (C=O) groups is 1. The number of carbonyl (C=O) groups excluding carboxylic acids is 1. The fraction of sp³-hybridized carbons (Fsp3) is 0.483. The average molecular weight is 569 g/mol. The van der Waals surface area contributed by atoms with Crippen LogP contribution in [0.25, 0.3) is 10.2 Å². The summed E-state index contributed by atoms with van der Waals surface area (Å²) < 4.78 is 0. The Kier molecular flexibility index (Phi) is 6.38. The van der Waals surface area contributed by atoms with Gasteiger partial charge in [-0.05, 0) is 86.5 Å². The summed E-state index contributed by atoms with van der Waals surface area (Å²) in [5, 5.41) is 9.27. The van der Waals surface area contributed by atoms with E-state index in [0.717, 1.165) is 52.4 Å². The number of nitrogens with one attached hydrogen (secondary N) is 2. The Morgan fingerprint density at radius 2 is 1.87 bits per heavy atom. The molecule has 0 atom stereocenters. The number of hydrogen-bond donors (Lipinski definition) is 2. The molecule has 0 spiro atoms. The minimum Gasteiger partial charge on any atom is -0.340 e. The lowest BCUT2D eigenvalue weighted by molar-refractivity contribution is -0.126. The molecule has 2 N–H and O–H groups in total. The number of anilines is 2. The molecule has 4 fully saturated rings. The molecule has 6 nitrogen and oxygen atoms in total. The lowest BCUT2D eigenvalue weighted by Gasteiger charge is -2.57. The zero-order chi connectivity index (χ0) is 25.9. The number of halogens is 2. The lowest BCUT2D eigenvalue weighted by atomic mass is 9.53. The summed E-state index contributed by atoms with van der Waals surface area (Å²) in [5.41, 5.74) is 2.37. The maximum Gasteiger partial charge on any atom is 0.246 e. The highest BCUT2D eigenvalue weighted by Crippen LogP contribution is 2.55. The highest BCUT2D eigenvalue weighted by molar-refractivity contribution is 7.19. The van der Waals surface area contributed by atoms with Crippen LogP contribution in [0.2, 0.25) is 10.0 Å². The molecule has 8 rings (SSSR count). The number of benzene rings is 1. The molecule has 38 heavy (non-hydrogen) atoms. The molecule has 0 saturated heterocycles. The van der Waals surface area contributed by atoms with Crippen molar-refractivity contribution in [2.75, 3.05) is 18.4 Å². The lowest BCUT2D eigenvalue weighted by Crippen LogP contribution is -2.58. The first kappa shape index (κ1) is 24.8. The van der Waals surface area contributed by atoms with E-state index in [-0.39, 0.29) is 5.91 Å². The Balaban J connectivity index is 1.01. The quantitative estimate of drug-likeness (QED) is 0.323. The van der Waals surface area contributed by atoms with Crippen molar-refractivity contribution >= 4 is 62.2 Å². The molecule has 1 amide bonds. The highest BCUT2D eigenvalue weighted by Gasteiger charge is 2.50. The smallest absolute Gasteiger partial charge is 0.246 e. The maximum absolute atomic E-state index is 13.1. The standard InChI is InChI=1S/C29H31Cl2N5OS/c30-22-4-3-20(11-23(22)31)35-27-26-21-5-7-36(15-24(21)38-28(26)33-16-32-27)25(37)2-1-6-34-29-12-17-8-18(13-29)10-19(9-17)14-29/h1-4,11,16-19,34H,5-10,12-15H2,(H,32,33,35)/b2-1+. The molecular formula is C29H31Cl2N5OS. The molecule has 1 aromatic carbocycles. The number of rotatable bonds is 6. The molecule has 0 unspecified atom stereocenters. The van der Waals surface area contributed by atoms with E-state index in [9.17, 15) is 4.79 Å². The molecule has 2 aromatic heterocycles. The summed E-state index contributed by atoms with van der Waals surface area (Å²) in [6, 6.07) is 5.44. The van der Waals surface area contributed by atoms with Crippen LogP contribution in [0.5, 0.6) is 0 Å². The number of nitrogens with zero attached hydrogens (tertiary/aromatic N) is 3. The molecule has 9 heteroatoms. The SMILES string of the molecule is O=C(/C=C/CNC12CC3CC(CC(C3)C1)C2)N1CCc2c(sc3ncnc(Nc4ccc(Cl)c(Cl)c4)c23)C1. The summed E-state index contributed by atoms with van der Waals surface area (Å²) in [6.45, 7) is 2.07. The highest BCUT2D eigenvalue weighted by atomic mass is 35.5. The van der Waals surface area contributed by atoms with E-state index in [0.29, 0.717) is 28.7 Å². The molecule has 0 radical (unpaired) electrons. The first-order chi connectivity index (χ1) is 18.4. The molecular weight excluding hydrogens is 537 g/mol. The molecule has 1 aliphatic heterocycles. The Morgan fingerprint density at radius 1 is 1.11 bits per heavy atom. The average Bonchev–Trinajstić information content (AvgIpc) is 3.27. The van der Waals surface area contributed by atoms with Gasteiger partial charge in [0.25, 0.3) is 0 Å². The molecule has 4 saturated carbocycles. The summed E-state index contributed by atoms with van der Waals surface area (Å²) in [5.74, 6) is 3.61. The van der Waals surface area contributed by atoms with Gasteiger partial charge < -0.3 is 15.5 Å². The van der Waals surface area contributed by atoms with Gasteiger partial charge >= 0.3 is 0 Å². The summed E-state index contributed by atoms with van der Waals surface area (Å²) in [4.78, 5) is 26.2. The van der Waals surface area contributed by atoms with Crippen LogP contribution in [0.1, 0.15) is 49.0 Å². The van der Waals surface area contributed by atoms with Crippen molar-refractivity contribution in [2.45, 2.75) is 57.0 Å². The number of thiophene rings is 1. The van der Waals surface area contributed by atoms with Crippen LogP contribution < -0.4 is 10.6 Å². The Morgan fingerprint density at radius 3 is 2.61 bits per heavy atom. The monoisotopic (exact) mass is 567 g/mol. The Bertz CT molecular complexity index is 1400. The fourth-order valence-corrected chi connectivity index (χ4v) is 9.29. The van der Waals surface area contributed by atoms with E-state index in [1.54, 1.807) is 35.9 Å². The van der Waals surface area contributed by atoms with Crippen molar-refractivity contribution in [1.82, 2.24) is 20.2 Å². The van der Waals surface area contributed by atoms with Gasteiger partial charge in [-0.2, -0.15) is 0 Å². The van der Waals surface area contributed by atoms with Crippen LogP contribution in [0.3, 0.4) is 0 Å². The van der Waals surface area contributed by atoms with Gasteiger partial charge in [0.1, 0.15) is 17.0 Å². The van der Waals surface area contributed by atoms with Gasteiger partial charge in [0, 0.05) is 35.3 Å². The van der Waals surface area contributed by atoms with E-state index in [1.807, 2.05) is 17.0 Å². The first-order valence-electron chi connectivity index (χ1n) is 13.6. The number of hydrogen-bond acceptors (Lipinski definition) is 6. The minimum absolute atomic E-state index is 0.0839. The van der Waals surface area contributed by atoms with E-state index in [1.165, 1.54) is 49.0 Å². The van der Waals surface area contributed by atoms with Crippen molar-refractivity contribution in [3.05, 3.63) is 57.2 Å². The van der Waals surface area contributed by atoms with Crippen LogP contribution in [0, 0.1) is 17.8 Å². The van der Waals surface area contributed by atoms with Gasteiger partial charge in [0.15, 0.2) is 0 Å². The van der Waals surface area contributed by atoms with Crippen molar-refractivity contribution < 1.29 is 4.79 Å². The predicted molar refractivity (Wildman–Crippen MR) is 154 cm³/mol. The molecule has 3 heterocycles. The maximum atomic E-state index is 13.1. The minimum atomic E-state index is 0.0839. The molecule has 4 bridgehead atoms. The third kappa shape index (κ3) is 4.61. The van der Waals surface area contributed by atoms with Crippen LogP contribution in [-0.2, 0) is 17.8 Å². The third-order valence-corrected chi connectivity index (χ3v) is 10.9. The van der Waals surface area contributed by atoms with E-state index >= 15 is 0 Å². The normalized spacial score (nSPS) is 27.8. The zero-order valence-corrected chi connectivity index (χ0v) is 23.5. The largest absolute Gasteiger partial charge is 0.340 e. The predicted octanol–water partition coefficient (Wildman–Crippen LogP) is 6.74. The second-order valence-electron chi connectivity index (χ2n) is 11.7. The topological polar surface area (TPSA) is 70.2 Å². The molecule has 5 aliphatic rings. The Labute approximate surface area is 236 Å². The molecule has 4 aliphatic carbocycles. The van der Waals surface area contributed by atoms with Crippen LogP contribution in [0.15, 0.2) is 36.7 Å². The van der Waals surface area contributed by atoms with Gasteiger partial charge in [-0.25, -0.2) is 9.97 Å². The van der Waals surface area contributed by atoms with Crippen molar-refractivity contribution in [3.8, 4) is 0 Å². The second kappa shape index (κ2) is 9.77. The zero-order valence-electron chi connectivity index (χ0n) is 21.2. The van der Waals surface area contributed by atoms with Crippen molar-refractivity contribution in [3.63, 3.8) is 0 Å². The first-order valence-corrected chi connectivity index (χ1v) is 15.2. The molecule has 198 valence electrons. The van der Waals surface area contributed by atoms with Crippen molar-refractivity contribution in [2.24, 2.45) is 17.8 Å². The van der Waals surface area contributed by atoms with Gasteiger partial charge in [0.2, 0.25) is 5.91 Å². The van der Waals surface area contributed by atoms with E-state index in [4.69, 9.17) is 23.2 Å². The third-order valence-electron chi connectivity index (χ3n) is 9.02. The van der Waals surface area contributed by atoms with Crippen molar-refractivity contribution in [1.29, 1.82) is 0 Å². The van der Waals surface area contributed by atoms with Crippen LogP contribution in [-0.4, -0.2) is 39.4 Å². The van der Waals surface area contributed by atoms with E-state index in [2.05, 4.69) is 20.6 Å². The second-order valence-corrected chi connectivity index (χ2v) is 13.5. The van der Waals surface area contributed by atoms with Gasteiger partial charge in [-0.1, -0.05) is 29.3 Å². The summed E-state index contributed by atoms with van der Waals surface area (Å²) >= 11 is 13.9. The number of amides is 1. The van der Waals surface area contributed by atoms with Gasteiger partial charge in [-0.15, -0.1) is 11.3 Å². The van der Waals surface area contributed by atoms with Gasteiger partial charge in [-0.3, -0.25) is 4.79 Å². The summed E-state index contributed by atoms with van der Waals surface area (Å²) in [7, 11) is 0. The van der Waals surface area contributed by atoms with E-state index < -0.39 is 0 Å². The summed E-state index contributed by atoms with van der Waals surface area (Å²) in [6.07, 6.45) is 14.5. The fourth-order valence-electron chi connectivity index (χ4n) is 7.79.